The van der Waals surface area contributed by atoms with Crippen molar-refractivity contribution in [2.24, 2.45) is 5.92 Å². The van der Waals surface area contributed by atoms with Crippen LogP contribution in [0.4, 0.5) is 74.6 Å². The highest BCUT2D eigenvalue weighted by atomic mass is 35.5. The predicted octanol–water partition coefficient (Wildman–Crippen LogP) is 11.2. The lowest BCUT2D eigenvalue weighted by atomic mass is 9.90. The molecule has 0 radical (unpaired) electrons. The van der Waals surface area contributed by atoms with E-state index in [1.807, 2.05) is 13.8 Å². The quantitative estimate of drug-likeness (QED) is 0.142. The first kappa shape index (κ1) is 40.7. The van der Waals surface area contributed by atoms with Gasteiger partial charge in [0.25, 0.3) is 0 Å². The summed E-state index contributed by atoms with van der Waals surface area (Å²) in [5, 5.41) is -0.316. The Kier molecular flexibility index (Phi) is 11.3. The topological polar surface area (TPSA) is 35.0 Å². The van der Waals surface area contributed by atoms with Gasteiger partial charge in [-0.2, -0.15) is 74.6 Å². The molecule has 2 rings (SSSR count). The summed E-state index contributed by atoms with van der Waals surface area (Å²) in [7, 11) is 0. The maximum absolute atomic E-state index is 14.2. The molecule has 0 aliphatic heterocycles. The number of aromatic nitrogens is 2. The number of ether oxygens (including phenoxy) is 1. The Morgan fingerprint density at radius 3 is 1.45 bits per heavy atom. The molecule has 1 unspecified atom stereocenters. The van der Waals surface area contributed by atoms with Crippen LogP contribution < -0.4 is 4.74 Å². The van der Waals surface area contributed by atoms with Gasteiger partial charge in [0.15, 0.2) is 5.82 Å². The summed E-state index contributed by atoms with van der Waals surface area (Å²) in [6.07, 6.45) is -12.2. The van der Waals surface area contributed by atoms with Gasteiger partial charge in [0.1, 0.15) is 16.1 Å². The minimum Gasteiger partial charge on any atom is -0.428 e. The van der Waals surface area contributed by atoms with Gasteiger partial charge >= 0.3 is 47.8 Å². The SMILES string of the molecule is CCC(C)CCCc1c(Cl)nc(-c2ccc(OC(F)(F)C(F)(F)C(F)(F)C(F)(F)C(F)(F)C(F)(F)C(F)(F)C(F)(F)F)cc2)nc1Cl. The number of rotatable bonds is 14. The Balaban J connectivity index is 2.38. The molecule has 0 amide bonds. The number of alkyl halides is 17. The summed E-state index contributed by atoms with van der Waals surface area (Å²) in [6, 6.07) is 1.89. The Hall–Kier alpha value is -2.51. The van der Waals surface area contributed by atoms with Gasteiger partial charge in [-0.05, 0) is 43.0 Å². The van der Waals surface area contributed by atoms with Crippen LogP contribution in [0, 0.1) is 5.92 Å². The van der Waals surface area contributed by atoms with Gasteiger partial charge in [0, 0.05) is 11.1 Å². The zero-order valence-electron chi connectivity index (χ0n) is 23.2. The molecule has 1 atom stereocenters. The number of benzene rings is 1. The van der Waals surface area contributed by atoms with Gasteiger partial charge < -0.3 is 4.74 Å². The molecule has 0 bridgehead atoms. The van der Waals surface area contributed by atoms with Crippen LogP contribution in [0.5, 0.6) is 5.75 Å². The van der Waals surface area contributed by atoms with Gasteiger partial charge in [-0.25, -0.2) is 9.97 Å². The average Bonchev–Trinajstić information content (AvgIpc) is 2.93. The second-order valence-electron chi connectivity index (χ2n) is 10.1. The molecule has 268 valence electrons. The molecule has 3 nitrogen and oxygen atoms in total. The first-order valence-electron chi connectivity index (χ1n) is 12.7. The highest BCUT2D eigenvalue weighted by Gasteiger charge is 2.95. The Labute approximate surface area is 263 Å². The van der Waals surface area contributed by atoms with Gasteiger partial charge in [-0.1, -0.05) is 49.9 Å². The molecule has 1 aromatic carbocycles. The monoisotopic (exact) mass is 756 g/mol. The zero-order valence-corrected chi connectivity index (χ0v) is 24.7. The van der Waals surface area contributed by atoms with Crippen molar-refractivity contribution in [1.82, 2.24) is 9.97 Å². The normalized spacial score (nSPS) is 15.2. The minimum absolute atomic E-state index is 0.158. The fourth-order valence-electron chi connectivity index (χ4n) is 3.63. The zero-order chi connectivity index (χ0) is 36.8. The minimum atomic E-state index is -8.73. The lowest BCUT2D eigenvalue weighted by molar-refractivity contribution is -0.471. The Morgan fingerprint density at radius 2 is 1.04 bits per heavy atom. The van der Waals surface area contributed by atoms with Gasteiger partial charge in [0.2, 0.25) is 0 Å². The van der Waals surface area contributed by atoms with E-state index in [0.29, 0.717) is 36.5 Å². The summed E-state index contributed by atoms with van der Waals surface area (Å²) in [5.74, 6) is -52.2. The van der Waals surface area contributed by atoms with Crippen molar-refractivity contribution in [2.75, 3.05) is 0 Å². The molecular formula is C25H19Cl2F17N2O. The third-order valence-corrected chi connectivity index (χ3v) is 7.40. The Bertz CT molecular complexity index is 1380. The molecular weight excluding hydrogens is 738 g/mol. The number of hydrogen-bond acceptors (Lipinski definition) is 3. The number of nitrogens with zero attached hydrogens (tertiary/aromatic N) is 2. The van der Waals surface area contributed by atoms with Crippen LogP contribution in [0.3, 0.4) is 0 Å². The van der Waals surface area contributed by atoms with Crippen LogP contribution in [-0.4, -0.2) is 57.8 Å². The molecule has 0 saturated carbocycles. The molecule has 0 fully saturated rings. The van der Waals surface area contributed by atoms with Crippen LogP contribution >= 0.6 is 23.2 Å². The summed E-state index contributed by atoms with van der Waals surface area (Å²) >= 11 is 12.2. The molecule has 2 aromatic rings. The van der Waals surface area contributed by atoms with E-state index in [1.165, 1.54) is 0 Å². The van der Waals surface area contributed by atoms with E-state index in [9.17, 15) is 74.6 Å². The molecule has 0 saturated heterocycles. The van der Waals surface area contributed by atoms with Crippen molar-refractivity contribution in [3.8, 4) is 17.1 Å². The predicted molar refractivity (Wildman–Crippen MR) is 131 cm³/mol. The highest BCUT2D eigenvalue weighted by Crippen LogP contribution is 2.64. The largest absolute Gasteiger partial charge is 0.471 e. The molecule has 1 heterocycles. The smallest absolute Gasteiger partial charge is 0.428 e. The van der Waals surface area contributed by atoms with Crippen LogP contribution in [0.15, 0.2) is 24.3 Å². The van der Waals surface area contributed by atoms with Crippen molar-refractivity contribution >= 4 is 23.2 Å². The molecule has 0 aliphatic rings. The molecule has 0 aliphatic carbocycles. The van der Waals surface area contributed by atoms with Gasteiger partial charge in [0.05, 0.1) is 0 Å². The van der Waals surface area contributed by atoms with Crippen molar-refractivity contribution in [3.05, 3.63) is 40.1 Å². The van der Waals surface area contributed by atoms with E-state index in [0.717, 1.165) is 12.8 Å². The second-order valence-corrected chi connectivity index (χ2v) is 10.8. The van der Waals surface area contributed by atoms with E-state index < -0.39 is 53.6 Å². The van der Waals surface area contributed by atoms with Crippen molar-refractivity contribution in [1.29, 1.82) is 0 Å². The maximum Gasteiger partial charge on any atom is 0.471 e. The maximum atomic E-state index is 14.2. The lowest BCUT2D eigenvalue weighted by Gasteiger charge is -2.42. The first-order chi connectivity index (χ1) is 20.9. The summed E-state index contributed by atoms with van der Waals surface area (Å²) in [6.45, 7) is 3.97. The van der Waals surface area contributed by atoms with Crippen LogP contribution in [-0.2, 0) is 6.42 Å². The number of halogens is 19. The van der Waals surface area contributed by atoms with E-state index in [2.05, 4.69) is 14.7 Å². The average molecular weight is 757 g/mol. The summed E-state index contributed by atoms with van der Waals surface area (Å²) in [5.41, 5.74) is 0.136. The molecule has 1 aromatic heterocycles. The van der Waals surface area contributed by atoms with Crippen LogP contribution in [0.1, 0.15) is 38.7 Å². The molecule has 47 heavy (non-hydrogen) atoms. The van der Waals surface area contributed by atoms with Gasteiger partial charge in [-0.3, -0.25) is 0 Å². The van der Waals surface area contributed by atoms with Gasteiger partial charge in [-0.15, -0.1) is 0 Å². The van der Waals surface area contributed by atoms with E-state index in [-0.39, 0.29) is 33.8 Å². The standard InChI is InChI=1S/C25H19Cl2F17N2O/c1-3-11(2)5-4-6-14-15(26)45-17(46-16(14)27)12-7-9-13(10-8-12)47-25(43,44)23(38,39)21(34,35)19(30,31)18(28,29)20(32,33)22(36,37)24(40,41)42/h7-11H,3-6H2,1-2H3. The van der Waals surface area contributed by atoms with E-state index >= 15 is 0 Å². The fourth-order valence-corrected chi connectivity index (χ4v) is 4.21. The van der Waals surface area contributed by atoms with Crippen LogP contribution in [0.25, 0.3) is 11.4 Å². The van der Waals surface area contributed by atoms with E-state index in [1.54, 1.807) is 0 Å². The summed E-state index contributed by atoms with van der Waals surface area (Å²) < 4.78 is 232. The lowest BCUT2D eigenvalue weighted by Crippen LogP contribution is -2.74. The third-order valence-electron chi connectivity index (χ3n) is 6.78. The van der Waals surface area contributed by atoms with E-state index in [4.69, 9.17) is 23.2 Å². The fraction of sp³-hybridized carbons (Fsp3) is 0.600. The first-order valence-corrected chi connectivity index (χ1v) is 13.4. The third kappa shape index (κ3) is 6.99. The Morgan fingerprint density at radius 1 is 0.638 bits per heavy atom. The second kappa shape index (κ2) is 13.1. The number of hydrogen-bond donors (Lipinski definition) is 0. The van der Waals surface area contributed by atoms with Crippen molar-refractivity contribution in [3.63, 3.8) is 0 Å². The molecule has 0 N–H and O–H groups in total. The van der Waals surface area contributed by atoms with Crippen molar-refractivity contribution in [2.45, 2.75) is 87.4 Å². The van der Waals surface area contributed by atoms with Crippen molar-refractivity contribution < 1.29 is 79.4 Å². The highest BCUT2D eigenvalue weighted by molar-refractivity contribution is 6.34. The van der Waals surface area contributed by atoms with Crippen LogP contribution in [0.2, 0.25) is 10.3 Å². The molecule has 0 spiro atoms. The summed E-state index contributed by atoms with van der Waals surface area (Å²) in [4.78, 5) is 7.84. The molecule has 22 heteroatoms.